The third kappa shape index (κ3) is 2.79. The molecular weight excluding hydrogens is 218 g/mol. The Morgan fingerprint density at radius 1 is 1.25 bits per heavy atom. The van der Waals surface area contributed by atoms with Crippen molar-refractivity contribution in [2.75, 3.05) is 17.7 Å². The molecule has 1 amide bonds. The Labute approximate surface area is 103 Å². The van der Waals surface area contributed by atoms with Crippen LogP contribution in [0.4, 0.5) is 5.69 Å². The van der Waals surface area contributed by atoms with Gasteiger partial charge in [-0.3, -0.25) is 4.79 Å². The maximum Gasteiger partial charge on any atom is 0.227 e. The molecule has 0 N–H and O–H groups in total. The van der Waals surface area contributed by atoms with Crippen LogP contribution in [0.5, 0.6) is 0 Å². The number of nitrogens with zero attached hydrogens (tertiary/aromatic N) is 1. The predicted octanol–water partition coefficient (Wildman–Crippen LogP) is 2.89. The second-order valence-electron chi connectivity index (χ2n) is 4.17. The van der Waals surface area contributed by atoms with Gasteiger partial charge >= 0.3 is 0 Å². The fraction of sp³-hybridized carbons (Fsp3) is 0.462. The van der Waals surface area contributed by atoms with Crippen molar-refractivity contribution >= 4 is 24.2 Å². The highest BCUT2D eigenvalue weighted by Crippen LogP contribution is 2.25. The predicted molar refractivity (Wildman–Crippen MR) is 72.5 cm³/mol. The van der Waals surface area contributed by atoms with Crippen molar-refractivity contribution in [2.45, 2.75) is 27.2 Å². The number of rotatable bonds is 3. The molecule has 1 aromatic rings. The number of carbonyl (C=O) groups excluding carboxylic acids is 1. The summed E-state index contributed by atoms with van der Waals surface area (Å²) in [5.41, 5.74) is 4.55. The van der Waals surface area contributed by atoms with Crippen LogP contribution in [0.3, 0.4) is 0 Å². The van der Waals surface area contributed by atoms with E-state index in [1.54, 1.807) is 4.90 Å². The van der Waals surface area contributed by atoms with E-state index in [2.05, 4.69) is 31.7 Å². The van der Waals surface area contributed by atoms with Crippen LogP contribution in [0.25, 0.3) is 0 Å². The molecule has 0 saturated heterocycles. The van der Waals surface area contributed by atoms with E-state index in [1.807, 2.05) is 20.9 Å². The minimum absolute atomic E-state index is 0.116. The molecule has 0 radical (unpaired) electrons. The van der Waals surface area contributed by atoms with Crippen LogP contribution in [0.15, 0.2) is 12.1 Å². The van der Waals surface area contributed by atoms with Crippen LogP contribution in [0.2, 0.25) is 0 Å². The Bertz CT molecular complexity index is 378. The molecule has 16 heavy (non-hydrogen) atoms. The Morgan fingerprint density at radius 2 is 1.75 bits per heavy atom. The lowest BCUT2D eigenvalue weighted by Gasteiger charge is -2.22. The quantitative estimate of drug-likeness (QED) is 0.802. The lowest BCUT2D eigenvalue weighted by atomic mass is 10.0. The van der Waals surface area contributed by atoms with E-state index >= 15 is 0 Å². The second kappa shape index (κ2) is 5.39. The van der Waals surface area contributed by atoms with Crippen LogP contribution < -0.4 is 4.90 Å². The third-order valence-corrected chi connectivity index (χ3v) is 2.89. The van der Waals surface area contributed by atoms with Crippen molar-refractivity contribution in [2.24, 2.45) is 0 Å². The molecule has 2 nitrogen and oxygen atoms in total. The maximum absolute atomic E-state index is 11.8. The van der Waals surface area contributed by atoms with E-state index in [0.29, 0.717) is 12.2 Å². The lowest BCUT2D eigenvalue weighted by molar-refractivity contribution is -0.117. The fourth-order valence-electron chi connectivity index (χ4n) is 2.09. The second-order valence-corrected chi connectivity index (χ2v) is 4.62. The monoisotopic (exact) mass is 237 g/mol. The van der Waals surface area contributed by atoms with Gasteiger partial charge in [-0.15, -0.1) is 0 Å². The number of thiol groups is 1. The van der Waals surface area contributed by atoms with E-state index in [9.17, 15) is 4.79 Å². The Hall–Kier alpha value is -0.960. The van der Waals surface area contributed by atoms with E-state index in [4.69, 9.17) is 0 Å². The Kier molecular flexibility index (Phi) is 4.42. The number of carbonyl (C=O) groups is 1. The lowest BCUT2D eigenvalue weighted by Crippen LogP contribution is -2.27. The minimum atomic E-state index is 0.116. The first-order chi connectivity index (χ1) is 7.47. The molecule has 0 spiro atoms. The SMILES string of the molecule is Cc1cc(C)c(N(C)C(=O)CCS)c(C)c1. The van der Waals surface area contributed by atoms with Crippen LogP contribution in [-0.2, 0) is 4.79 Å². The van der Waals surface area contributed by atoms with Crippen molar-refractivity contribution in [3.8, 4) is 0 Å². The molecule has 0 bridgehead atoms. The smallest absolute Gasteiger partial charge is 0.227 e. The topological polar surface area (TPSA) is 20.3 Å². The number of anilines is 1. The molecule has 0 heterocycles. The summed E-state index contributed by atoms with van der Waals surface area (Å²) >= 11 is 4.09. The van der Waals surface area contributed by atoms with Crippen molar-refractivity contribution in [3.05, 3.63) is 28.8 Å². The summed E-state index contributed by atoms with van der Waals surface area (Å²) in [7, 11) is 1.83. The van der Waals surface area contributed by atoms with Crippen molar-refractivity contribution in [1.29, 1.82) is 0 Å². The maximum atomic E-state index is 11.8. The van der Waals surface area contributed by atoms with Crippen molar-refractivity contribution in [3.63, 3.8) is 0 Å². The molecule has 3 heteroatoms. The molecule has 0 unspecified atom stereocenters. The van der Waals surface area contributed by atoms with Crippen molar-refractivity contribution in [1.82, 2.24) is 0 Å². The van der Waals surface area contributed by atoms with Crippen LogP contribution >= 0.6 is 12.6 Å². The number of hydrogen-bond acceptors (Lipinski definition) is 2. The standard InChI is InChI=1S/C13H19NOS/c1-9-7-10(2)13(11(3)8-9)14(4)12(15)5-6-16/h7-8,16H,5-6H2,1-4H3. The van der Waals surface area contributed by atoms with Gasteiger partial charge in [0.2, 0.25) is 5.91 Å². The van der Waals surface area contributed by atoms with Crippen molar-refractivity contribution < 1.29 is 4.79 Å². The molecule has 0 aliphatic heterocycles. The molecule has 1 rings (SSSR count). The molecule has 0 aliphatic rings. The normalized spacial score (nSPS) is 10.3. The number of amides is 1. The molecule has 0 saturated carbocycles. The van der Waals surface area contributed by atoms with Gasteiger partial charge in [0.25, 0.3) is 0 Å². The van der Waals surface area contributed by atoms with E-state index in [-0.39, 0.29) is 5.91 Å². The largest absolute Gasteiger partial charge is 0.315 e. The van der Waals surface area contributed by atoms with Crippen LogP contribution in [0.1, 0.15) is 23.1 Å². The number of aryl methyl sites for hydroxylation is 3. The van der Waals surface area contributed by atoms with Gasteiger partial charge in [0.05, 0.1) is 0 Å². The molecule has 1 aromatic carbocycles. The Balaban J connectivity index is 3.08. The van der Waals surface area contributed by atoms with E-state index in [0.717, 1.165) is 16.8 Å². The number of hydrogen-bond donors (Lipinski definition) is 1. The summed E-state index contributed by atoms with van der Waals surface area (Å²) in [6, 6.07) is 4.21. The van der Waals surface area contributed by atoms with Gasteiger partial charge in [0.15, 0.2) is 0 Å². The molecule has 88 valence electrons. The highest BCUT2D eigenvalue weighted by atomic mass is 32.1. The molecule has 0 aliphatic carbocycles. The zero-order valence-electron chi connectivity index (χ0n) is 10.4. The van der Waals surface area contributed by atoms with Crippen LogP contribution in [-0.4, -0.2) is 18.7 Å². The van der Waals surface area contributed by atoms with E-state index < -0.39 is 0 Å². The average Bonchev–Trinajstić information content (AvgIpc) is 2.16. The fourth-order valence-corrected chi connectivity index (χ4v) is 2.28. The average molecular weight is 237 g/mol. The van der Waals surface area contributed by atoms with Gasteiger partial charge in [-0.1, -0.05) is 17.7 Å². The van der Waals surface area contributed by atoms with Gasteiger partial charge in [-0.05, 0) is 37.7 Å². The first-order valence-electron chi connectivity index (χ1n) is 5.42. The molecule has 0 atom stereocenters. The zero-order chi connectivity index (χ0) is 12.3. The van der Waals surface area contributed by atoms with Gasteiger partial charge in [0.1, 0.15) is 0 Å². The molecule has 0 aromatic heterocycles. The van der Waals surface area contributed by atoms with Gasteiger partial charge in [0, 0.05) is 19.2 Å². The summed E-state index contributed by atoms with van der Waals surface area (Å²) in [5, 5.41) is 0. The molecule has 0 fully saturated rings. The molecular formula is C13H19NOS. The highest BCUT2D eigenvalue weighted by molar-refractivity contribution is 7.80. The van der Waals surface area contributed by atoms with Crippen LogP contribution in [0, 0.1) is 20.8 Å². The van der Waals surface area contributed by atoms with Gasteiger partial charge in [-0.25, -0.2) is 0 Å². The minimum Gasteiger partial charge on any atom is -0.315 e. The zero-order valence-corrected chi connectivity index (χ0v) is 11.3. The van der Waals surface area contributed by atoms with E-state index in [1.165, 1.54) is 5.56 Å². The summed E-state index contributed by atoms with van der Waals surface area (Å²) in [6.45, 7) is 6.15. The number of benzene rings is 1. The Morgan fingerprint density at radius 3 is 2.19 bits per heavy atom. The summed E-state index contributed by atoms with van der Waals surface area (Å²) in [5.74, 6) is 0.706. The summed E-state index contributed by atoms with van der Waals surface area (Å²) < 4.78 is 0. The third-order valence-electron chi connectivity index (χ3n) is 2.67. The summed E-state index contributed by atoms with van der Waals surface area (Å²) in [6.07, 6.45) is 0.479. The first kappa shape index (κ1) is 13.1. The van der Waals surface area contributed by atoms with Gasteiger partial charge < -0.3 is 4.90 Å². The highest BCUT2D eigenvalue weighted by Gasteiger charge is 2.14. The summed E-state index contributed by atoms with van der Waals surface area (Å²) in [4.78, 5) is 13.5. The van der Waals surface area contributed by atoms with Gasteiger partial charge in [-0.2, -0.15) is 12.6 Å². The first-order valence-corrected chi connectivity index (χ1v) is 6.06.